The van der Waals surface area contributed by atoms with Gasteiger partial charge in [-0.3, -0.25) is 14.3 Å². The molecule has 0 aliphatic carbocycles. The Morgan fingerprint density at radius 2 is 1.95 bits per heavy atom. The minimum atomic E-state index is -0.596. The second kappa shape index (κ2) is 4.86. The molecule has 0 amide bonds. The monoisotopic (exact) mass is 293 g/mol. The van der Waals surface area contributed by atoms with Gasteiger partial charge in [0.2, 0.25) is 0 Å². The van der Waals surface area contributed by atoms with E-state index < -0.39 is 11.2 Å². The molecule has 0 saturated heterocycles. The highest BCUT2D eigenvalue weighted by molar-refractivity contribution is 5.97. The van der Waals surface area contributed by atoms with Crippen molar-refractivity contribution >= 4 is 16.9 Å². The predicted octanol–water partition coefficient (Wildman–Crippen LogP) is 0.743. The highest BCUT2D eigenvalue weighted by Crippen LogP contribution is 2.31. The third-order valence-electron chi connectivity index (χ3n) is 3.45. The van der Waals surface area contributed by atoms with Crippen LogP contribution in [0, 0.1) is 11.3 Å². The van der Waals surface area contributed by atoms with Gasteiger partial charge in [-0.05, 0) is 5.56 Å². The number of hydrogen-bond acceptors (Lipinski definition) is 5. The Hall–Kier alpha value is -3.40. The summed E-state index contributed by atoms with van der Waals surface area (Å²) in [5.74, 6) is -0.0190. The number of aryl methyl sites for hydroxylation is 1. The maximum Gasteiger partial charge on any atom is 0.329 e. The molecule has 22 heavy (non-hydrogen) atoms. The summed E-state index contributed by atoms with van der Waals surface area (Å²) in [6.45, 7) is 0. The summed E-state index contributed by atoms with van der Waals surface area (Å²) in [5.41, 5.74) is 5.95. The molecule has 0 unspecified atom stereocenters. The molecule has 0 aliphatic rings. The molecule has 108 valence electrons. The number of aromatic amines is 1. The first-order valence-corrected chi connectivity index (χ1v) is 6.42. The van der Waals surface area contributed by atoms with Crippen molar-refractivity contribution in [3.8, 4) is 17.2 Å². The average molecular weight is 293 g/mol. The van der Waals surface area contributed by atoms with Crippen molar-refractivity contribution < 1.29 is 0 Å². The van der Waals surface area contributed by atoms with E-state index in [1.54, 1.807) is 24.3 Å². The van der Waals surface area contributed by atoms with Crippen LogP contribution in [0.1, 0.15) is 5.56 Å². The molecule has 0 spiro atoms. The van der Waals surface area contributed by atoms with Crippen molar-refractivity contribution in [2.75, 3.05) is 5.73 Å². The van der Waals surface area contributed by atoms with Gasteiger partial charge in [0.05, 0.1) is 5.39 Å². The van der Waals surface area contributed by atoms with Crippen LogP contribution in [0.3, 0.4) is 0 Å². The molecule has 0 aliphatic heterocycles. The first-order valence-electron chi connectivity index (χ1n) is 6.42. The average Bonchev–Trinajstić information content (AvgIpc) is 2.52. The van der Waals surface area contributed by atoms with Crippen molar-refractivity contribution in [3.63, 3.8) is 0 Å². The van der Waals surface area contributed by atoms with Gasteiger partial charge in [0, 0.05) is 12.6 Å². The first kappa shape index (κ1) is 13.6. The van der Waals surface area contributed by atoms with Gasteiger partial charge in [-0.15, -0.1) is 0 Å². The lowest BCUT2D eigenvalue weighted by Gasteiger charge is -2.11. The SMILES string of the molecule is Cn1c(=O)[nH]c(=O)c2c(-c3ccccc3)c(C#N)c(N)nc21. The van der Waals surface area contributed by atoms with Crippen LogP contribution in [0.2, 0.25) is 0 Å². The number of fused-ring (bicyclic) bond motifs is 1. The third kappa shape index (κ3) is 1.86. The number of aromatic nitrogens is 3. The van der Waals surface area contributed by atoms with Crippen molar-refractivity contribution in [2.45, 2.75) is 0 Å². The smallest absolute Gasteiger partial charge is 0.329 e. The van der Waals surface area contributed by atoms with Gasteiger partial charge < -0.3 is 5.73 Å². The fourth-order valence-corrected chi connectivity index (χ4v) is 2.39. The first-order chi connectivity index (χ1) is 10.5. The highest BCUT2D eigenvalue weighted by Gasteiger charge is 2.19. The van der Waals surface area contributed by atoms with Crippen LogP contribution in [0.25, 0.3) is 22.2 Å². The number of H-pyrrole nitrogens is 1. The summed E-state index contributed by atoms with van der Waals surface area (Å²) in [6, 6.07) is 10.9. The van der Waals surface area contributed by atoms with E-state index in [4.69, 9.17) is 5.73 Å². The molecule has 0 fully saturated rings. The van der Waals surface area contributed by atoms with Crippen molar-refractivity contribution in [1.82, 2.24) is 14.5 Å². The van der Waals surface area contributed by atoms with Crippen LogP contribution in [0.5, 0.6) is 0 Å². The lowest BCUT2D eigenvalue weighted by Crippen LogP contribution is -2.29. The Kier molecular flexibility index (Phi) is 3.00. The summed E-state index contributed by atoms with van der Waals surface area (Å²) in [7, 11) is 1.48. The summed E-state index contributed by atoms with van der Waals surface area (Å²) in [4.78, 5) is 30.3. The van der Waals surface area contributed by atoms with Crippen molar-refractivity contribution in [2.24, 2.45) is 7.05 Å². The van der Waals surface area contributed by atoms with E-state index in [0.717, 1.165) is 0 Å². The zero-order valence-electron chi connectivity index (χ0n) is 11.6. The summed E-state index contributed by atoms with van der Waals surface area (Å²) in [6.07, 6.45) is 0. The van der Waals surface area contributed by atoms with E-state index in [-0.39, 0.29) is 22.4 Å². The molecule has 1 aromatic carbocycles. The molecule has 0 bridgehead atoms. The molecule has 2 heterocycles. The largest absolute Gasteiger partial charge is 0.383 e. The van der Waals surface area contributed by atoms with Gasteiger partial charge >= 0.3 is 5.69 Å². The van der Waals surface area contributed by atoms with Crippen molar-refractivity contribution in [1.29, 1.82) is 5.26 Å². The number of nitrogens with two attached hydrogens (primary N) is 1. The molecule has 3 aromatic rings. The van der Waals surface area contributed by atoms with Crippen LogP contribution in [-0.2, 0) is 7.05 Å². The standard InChI is InChI=1S/C15H11N5O2/c1-20-13-11(14(21)19-15(20)22)10(8-5-3-2-4-6-8)9(7-16)12(17)18-13/h2-6H,1H3,(H2,17,18)(H,19,21,22). The van der Waals surface area contributed by atoms with Gasteiger partial charge in [0.1, 0.15) is 17.5 Å². The molecule has 3 N–H and O–H groups in total. The van der Waals surface area contributed by atoms with Crippen LogP contribution >= 0.6 is 0 Å². The summed E-state index contributed by atoms with van der Waals surface area (Å²) < 4.78 is 1.20. The Morgan fingerprint density at radius 1 is 1.27 bits per heavy atom. The van der Waals surface area contributed by atoms with Gasteiger partial charge in [0.25, 0.3) is 5.56 Å². The molecule has 7 heteroatoms. The molecule has 0 radical (unpaired) electrons. The number of nitrogen functional groups attached to an aromatic ring is 1. The number of anilines is 1. The predicted molar refractivity (Wildman–Crippen MR) is 82.2 cm³/mol. The quantitative estimate of drug-likeness (QED) is 0.686. The zero-order chi connectivity index (χ0) is 15.9. The van der Waals surface area contributed by atoms with E-state index in [0.29, 0.717) is 11.1 Å². The Labute approximate surface area is 124 Å². The maximum absolute atomic E-state index is 12.3. The topological polar surface area (TPSA) is 118 Å². The Balaban J connectivity index is 2.65. The van der Waals surface area contributed by atoms with Crippen LogP contribution in [0.15, 0.2) is 39.9 Å². The van der Waals surface area contributed by atoms with E-state index in [1.807, 2.05) is 12.1 Å². The lowest BCUT2D eigenvalue weighted by atomic mass is 9.98. The number of hydrogen-bond donors (Lipinski definition) is 2. The van der Waals surface area contributed by atoms with E-state index in [1.165, 1.54) is 11.6 Å². The highest BCUT2D eigenvalue weighted by atomic mass is 16.2. The number of benzene rings is 1. The number of pyridine rings is 1. The summed E-state index contributed by atoms with van der Waals surface area (Å²) >= 11 is 0. The maximum atomic E-state index is 12.3. The summed E-state index contributed by atoms with van der Waals surface area (Å²) in [5, 5.41) is 9.55. The molecular weight excluding hydrogens is 282 g/mol. The number of nitrogens with one attached hydrogen (secondary N) is 1. The number of rotatable bonds is 1. The normalized spacial score (nSPS) is 10.5. The lowest BCUT2D eigenvalue weighted by molar-refractivity contribution is 0.830. The Bertz CT molecular complexity index is 1040. The molecule has 0 saturated carbocycles. The van der Waals surface area contributed by atoms with Crippen LogP contribution < -0.4 is 17.0 Å². The van der Waals surface area contributed by atoms with E-state index >= 15 is 0 Å². The van der Waals surface area contributed by atoms with Gasteiger partial charge in [0.15, 0.2) is 5.65 Å². The molecular formula is C15H11N5O2. The number of nitriles is 1. The molecule has 2 aromatic heterocycles. The Morgan fingerprint density at radius 3 is 2.59 bits per heavy atom. The minimum Gasteiger partial charge on any atom is -0.383 e. The van der Waals surface area contributed by atoms with E-state index in [9.17, 15) is 14.9 Å². The van der Waals surface area contributed by atoms with Gasteiger partial charge in [-0.1, -0.05) is 30.3 Å². The van der Waals surface area contributed by atoms with Gasteiger partial charge in [-0.2, -0.15) is 5.26 Å². The van der Waals surface area contributed by atoms with Crippen molar-refractivity contribution in [3.05, 3.63) is 56.7 Å². The fraction of sp³-hybridized carbons (Fsp3) is 0.0667. The van der Waals surface area contributed by atoms with Crippen LogP contribution in [-0.4, -0.2) is 14.5 Å². The second-order valence-corrected chi connectivity index (χ2v) is 4.74. The van der Waals surface area contributed by atoms with Gasteiger partial charge in [-0.25, -0.2) is 9.78 Å². The fourth-order valence-electron chi connectivity index (χ4n) is 2.39. The third-order valence-corrected chi connectivity index (χ3v) is 3.45. The molecule has 7 nitrogen and oxygen atoms in total. The molecule has 0 atom stereocenters. The number of nitrogens with zero attached hydrogens (tertiary/aromatic N) is 3. The van der Waals surface area contributed by atoms with E-state index in [2.05, 4.69) is 9.97 Å². The minimum absolute atomic E-state index is 0.0190. The second-order valence-electron chi connectivity index (χ2n) is 4.74. The zero-order valence-corrected chi connectivity index (χ0v) is 11.6. The van der Waals surface area contributed by atoms with Crippen LogP contribution in [0.4, 0.5) is 5.82 Å². The molecule has 3 rings (SSSR count).